The van der Waals surface area contributed by atoms with Crippen LogP contribution in [0.25, 0.3) is 0 Å². The van der Waals surface area contributed by atoms with Crippen molar-refractivity contribution < 1.29 is 0 Å². The van der Waals surface area contributed by atoms with Crippen LogP contribution in [0.5, 0.6) is 0 Å². The Balaban J connectivity index is 2.17. The summed E-state index contributed by atoms with van der Waals surface area (Å²) in [5, 5.41) is 14.8. The lowest BCUT2D eigenvalue weighted by Crippen LogP contribution is -2.12. The van der Waals surface area contributed by atoms with Crippen LogP contribution in [-0.4, -0.2) is 25.2 Å². The Morgan fingerprint density at radius 1 is 1.35 bits per heavy atom. The van der Waals surface area contributed by atoms with Crippen molar-refractivity contribution in [2.75, 3.05) is 0 Å². The van der Waals surface area contributed by atoms with Gasteiger partial charge in [0.25, 0.3) is 0 Å². The van der Waals surface area contributed by atoms with Crippen molar-refractivity contribution in [3.8, 4) is 0 Å². The molecule has 0 spiro atoms. The van der Waals surface area contributed by atoms with Gasteiger partial charge < -0.3 is 0 Å². The second kappa shape index (κ2) is 4.52. The van der Waals surface area contributed by atoms with Crippen LogP contribution >= 0.6 is 11.3 Å². The zero-order valence-electron chi connectivity index (χ0n) is 10.6. The van der Waals surface area contributed by atoms with E-state index in [2.05, 4.69) is 46.7 Å². The quantitative estimate of drug-likeness (QED) is 0.837. The lowest BCUT2D eigenvalue weighted by molar-refractivity contribution is 0.564. The van der Waals surface area contributed by atoms with Crippen LogP contribution in [-0.2, 0) is 18.4 Å². The Morgan fingerprint density at radius 3 is 2.71 bits per heavy atom. The van der Waals surface area contributed by atoms with Crippen molar-refractivity contribution >= 4 is 11.3 Å². The molecule has 0 N–H and O–H groups in total. The van der Waals surface area contributed by atoms with Gasteiger partial charge in [0.05, 0.1) is 12.2 Å². The van der Waals surface area contributed by atoms with Gasteiger partial charge in [0.15, 0.2) is 5.82 Å². The molecule has 6 heteroatoms. The van der Waals surface area contributed by atoms with Crippen LogP contribution in [0.2, 0.25) is 0 Å². The molecular formula is C11H17N5S. The Hall–Kier alpha value is -1.30. The highest BCUT2D eigenvalue weighted by molar-refractivity contribution is 7.09. The fourth-order valence-electron chi connectivity index (χ4n) is 1.46. The Morgan fingerprint density at radius 2 is 2.12 bits per heavy atom. The normalized spacial score (nSPS) is 12.0. The van der Waals surface area contributed by atoms with E-state index in [1.54, 1.807) is 11.3 Å². The van der Waals surface area contributed by atoms with E-state index in [1.807, 2.05) is 11.6 Å². The first-order valence-corrected chi connectivity index (χ1v) is 6.58. The second-order valence-electron chi connectivity index (χ2n) is 4.98. The smallest absolute Gasteiger partial charge is 0.151 e. The van der Waals surface area contributed by atoms with Crippen molar-refractivity contribution in [1.29, 1.82) is 0 Å². The number of tetrazole rings is 1. The minimum Gasteiger partial charge on any atom is -0.244 e. The number of aryl methyl sites for hydroxylation is 1. The average Bonchev–Trinajstić information content (AvgIpc) is 2.86. The summed E-state index contributed by atoms with van der Waals surface area (Å²) in [6.07, 6.45) is 0.838. The Kier molecular flexibility index (Phi) is 3.24. The van der Waals surface area contributed by atoms with Gasteiger partial charge >= 0.3 is 0 Å². The van der Waals surface area contributed by atoms with Crippen LogP contribution < -0.4 is 0 Å². The van der Waals surface area contributed by atoms with Crippen molar-refractivity contribution in [2.24, 2.45) is 0 Å². The maximum Gasteiger partial charge on any atom is 0.151 e. The van der Waals surface area contributed by atoms with E-state index in [-0.39, 0.29) is 5.41 Å². The molecule has 0 atom stereocenters. The molecule has 0 saturated carbocycles. The number of thiazole rings is 1. The Bertz CT molecular complexity index is 494. The summed E-state index contributed by atoms with van der Waals surface area (Å²) in [6.45, 7) is 9.21. The van der Waals surface area contributed by atoms with Crippen molar-refractivity contribution in [3.05, 3.63) is 21.9 Å². The number of rotatable bonds is 3. The number of nitrogens with zero attached hydrogens (tertiary/aromatic N) is 5. The number of hydrogen-bond donors (Lipinski definition) is 0. The van der Waals surface area contributed by atoms with Crippen LogP contribution in [0, 0.1) is 0 Å². The monoisotopic (exact) mass is 251 g/mol. The van der Waals surface area contributed by atoms with E-state index in [0.29, 0.717) is 6.54 Å². The molecule has 0 bridgehead atoms. The molecule has 2 aromatic rings. The molecule has 0 aromatic carbocycles. The molecular weight excluding hydrogens is 234 g/mol. The first-order valence-electron chi connectivity index (χ1n) is 5.70. The average molecular weight is 251 g/mol. The van der Waals surface area contributed by atoms with E-state index < -0.39 is 0 Å². The van der Waals surface area contributed by atoms with E-state index >= 15 is 0 Å². The van der Waals surface area contributed by atoms with Gasteiger partial charge in [0.1, 0.15) is 5.01 Å². The molecule has 0 saturated heterocycles. The summed E-state index contributed by atoms with van der Waals surface area (Å²) in [5.74, 6) is 0.900. The summed E-state index contributed by atoms with van der Waals surface area (Å²) in [5.41, 5.74) is 1.23. The van der Waals surface area contributed by atoms with Crippen LogP contribution in [0.3, 0.4) is 0 Å². The largest absolute Gasteiger partial charge is 0.244 e. The van der Waals surface area contributed by atoms with Crippen LogP contribution in [0.1, 0.15) is 44.2 Å². The van der Waals surface area contributed by atoms with Crippen LogP contribution in [0.4, 0.5) is 0 Å². The van der Waals surface area contributed by atoms with E-state index in [0.717, 1.165) is 22.9 Å². The molecule has 2 rings (SSSR count). The zero-order valence-corrected chi connectivity index (χ0v) is 11.5. The van der Waals surface area contributed by atoms with Gasteiger partial charge in [0.2, 0.25) is 0 Å². The molecule has 0 fully saturated rings. The van der Waals surface area contributed by atoms with Crippen molar-refractivity contribution in [1.82, 2.24) is 25.2 Å². The standard InChI is InChI=1S/C11H17N5S/c1-5-9-13-14-15-16(9)6-10-12-8(7-17-10)11(2,3)4/h7H,5-6H2,1-4H3. The first kappa shape index (κ1) is 12.2. The molecule has 0 unspecified atom stereocenters. The highest BCUT2D eigenvalue weighted by Gasteiger charge is 2.17. The van der Waals surface area contributed by atoms with E-state index in [9.17, 15) is 0 Å². The summed E-state index contributed by atoms with van der Waals surface area (Å²) in [6, 6.07) is 0. The lowest BCUT2D eigenvalue weighted by atomic mass is 9.93. The predicted molar refractivity (Wildman–Crippen MR) is 67.1 cm³/mol. The van der Waals surface area contributed by atoms with E-state index in [1.165, 1.54) is 0 Å². The first-order chi connectivity index (χ1) is 8.00. The molecule has 2 heterocycles. The highest BCUT2D eigenvalue weighted by atomic mass is 32.1. The molecule has 0 aliphatic carbocycles. The van der Waals surface area contributed by atoms with E-state index in [4.69, 9.17) is 0 Å². The molecule has 2 aromatic heterocycles. The van der Waals surface area contributed by atoms with Crippen molar-refractivity contribution in [2.45, 2.75) is 46.1 Å². The topological polar surface area (TPSA) is 56.5 Å². The van der Waals surface area contributed by atoms with Gasteiger partial charge in [-0.3, -0.25) is 0 Å². The summed E-state index contributed by atoms with van der Waals surface area (Å²) in [4.78, 5) is 4.63. The minimum atomic E-state index is 0.100. The highest BCUT2D eigenvalue weighted by Crippen LogP contribution is 2.24. The second-order valence-corrected chi connectivity index (χ2v) is 5.93. The van der Waals surface area contributed by atoms with Crippen molar-refractivity contribution in [3.63, 3.8) is 0 Å². The zero-order chi connectivity index (χ0) is 12.5. The third-order valence-electron chi connectivity index (χ3n) is 2.53. The molecule has 0 aliphatic rings. The summed E-state index contributed by atoms with van der Waals surface area (Å²) >= 11 is 1.67. The molecule has 5 nitrogen and oxygen atoms in total. The third-order valence-corrected chi connectivity index (χ3v) is 3.36. The number of hydrogen-bond acceptors (Lipinski definition) is 5. The molecule has 17 heavy (non-hydrogen) atoms. The van der Waals surface area contributed by atoms with Crippen LogP contribution in [0.15, 0.2) is 5.38 Å². The predicted octanol–water partition coefficient (Wildman–Crippen LogP) is 2.04. The molecule has 0 amide bonds. The van der Waals surface area contributed by atoms with Gasteiger partial charge in [-0.05, 0) is 10.4 Å². The minimum absolute atomic E-state index is 0.100. The fraction of sp³-hybridized carbons (Fsp3) is 0.636. The molecule has 92 valence electrons. The lowest BCUT2D eigenvalue weighted by Gasteiger charge is -2.14. The van der Waals surface area contributed by atoms with Gasteiger partial charge in [-0.25, -0.2) is 9.67 Å². The Labute approximate surface area is 105 Å². The molecule has 0 aliphatic heterocycles. The SMILES string of the molecule is CCc1nnnn1Cc1nc(C(C)(C)C)cs1. The fourth-order valence-corrected chi connectivity index (χ4v) is 2.46. The van der Waals surface area contributed by atoms with Gasteiger partial charge in [-0.2, -0.15) is 0 Å². The summed E-state index contributed by atoms with van der Waals surface area (Å²) in [7, 11) is 0. The summed E-state index contributed by atoms with van der Waals surface area (Å²) < 4.78 is 1.81. The van der Waals surface area contributed by atoms with Gasteiger partial charge in [-0.15, -0.1) is 16.4 Å². The maximum atomic E-state index is 4.63. The van der Waals surface area contributed by atoms with Gasteiger partial charge in [-0.1, -0.05) is 27.7 Å². The molecule has 0 radical (unpaired) electrons. The third kappa shape index (κ3) is 2.69. The number of aromatic nitrogens is 5. The van der Waals surface area contributed by atoms with Gasteiger partial charge in [0, 0.05) is 17.2 Å². The maximum absolute atomic E-state index is 4.63.